The summed E-state index contributed by atoms with van der Waals surface area (Å²) in [6.45, 7) is 0.370. The Morgan fingerprint density at radius 1 is 1.43 bits per heavy atom. The van der Waals surface area contributed by atoms with Crippen LogP contribution >= 0.6 is 0 Å². The standard InChI is InChI=1S/C12H14F3N5O/c13-12(14,15)9-5-2-1-4-8(9)10(11(16)21)18-6-3-7-19-20-17/h1-2,4-5,10,18H,3,6-7H2,(H2,16,21). The van der Waals surface area contributed by atoms with Crippen LogP contribution < -0.4 is 11.1 Å². The molecule has 0 saturated heterocycles. The minimum Gasteiger partial charge on any atom is -0.368 e. The first-order chi connectivity index (χ1) is 9.88. The maximum Gasteiger partial charge on any atom is 0.416 e. The van der Waals surface area contributed by atoms with Gasteiger partial charge in [-0.3, -0.25) is 4.79 Å². The van der Waals surface area contributed by atoms with E-state index in [9.17, 15) is 18.0 Å². The summed E-state index contributed by atoms with van der Waals surface area (Å²) in [6.07, 6.45) is -4.20. The van der Waals surface area contributed by atoms with Crippen LogP contribution in [0.1, 0.15) is 23.6 Å². The topological polar surface area (TPSA) is 104 Å². The fourth-order valence-electron chi connectivity index (χ4n) is 1.81. The summed E-state index contributed by atoms with van der Waals surface area (Å²) in [4.78, 5) is 14.0. The third kappa shape index (κ3) is 4.97. The average molecular weight is 301 g/mol. The molecule has 0 saturated carbocycles. The Balaban J connectivity index is 2.91. The van der Waals surface area contributed by atoms with Crippen LogP contribution in [0, 0.1) is 0 Å². The van der Waals surface area contributed by atoms with Crippen LogP contribution in [0.5, 0.6) is 0 Å². The van der Waals surface area contributed by atoms with Crippen molar-refractivity contribution >= 4 is 5.91 Å². The number of primary amides is 1. The molecule has 114 valence electrons. The maximum absolute atomic E-state index is 12.9. The molecular weight excluding hydrogens is 287 g/mol. The van der Waals surface area contributed by atoms with E-state index in [4.69, 9.17) is 11.3 Å². The molecule has 0 aliphatic carbocycles. The number of carbonyl (C=O) groups is 1. The first-order valence-electron chi connectivity index (χ1n) is 6.07. The number of rotatable bonds is 7. The van der Waals surface area contributed by atoms with Gasteiger partial charge >= 0.3 is 6.18 Å². The molecule has 0 spiro atoms. The summed E-state index contributed by atoms with van der Waals surface area (Å²) in [7, 11) is 0. The van der Waals surface area contributed by atoms with Crippen molar-refractivity contribution in [3.05, 3.63) is 45.8 Å². The first kappa shape index (κ1) is 16.8. The second kappa shape index (κ2) is 7.51. The summed E-state index contributed by atoms with van der Waals surface area (Å²) in [5.41, 5.74) is 12.1. The molecule has 0 aliphatic rings. The van der Waals surface area contributed by atoms with E-state index in [2.05, 4.69) is 15.3 Å². The molecule has 9 heteroatoms. The van der Waals surface area contributed by atoms with Crippen molar-refractivity contribution in [3.8, 4) is 0 Å². The monoisotopic (exact) mass is 301 g/mol. The van der Waals surface area contributed by atoms with E-state index in [1.807, 2.05) is 0 Å². The minimum atomic E-state index is -4.57. The van der Waals surface area contributed by atoms with Crippen LogP contribution in [-0.2, 0) is 11.0 Å². The van der Waals surface area contributed by atoms with Gasteiger partial charge in [-0.1, -0.05) is 23.3 Å². The number of benzene rings is 1. The number of carbonyl (C=O) groups excluding carboxylic acids is 1. The second-order valence-corrected chi connectivity index (χ2v) is 4.18. The lowest BCUT2D eigenvalue weighted by atomic mass is 9.99. The molecule has 21 heavy (non-hydrogen) atoms. The summed E-state index contributed by atoms with van der Waals surface area (Å²) in [6, 6.07) is 3.49. The van der Waals surface area contributed by atoms with Crippen molar-refractivity contribution < 1.29 is 18.0 Å². The number of azide groups is 1. The lowest BCUT2D eigenvalue weighted by Gasteiger charge is -2.20. The first-order valence-corrected chi connectivity index (χ1v) is 6.07. The Kier molecular flexibility index (Phi) is 6.01. The maximum atomic E-state index is 12.9. The van der Waals surface area contributed by atoms with Gasteiger partial charge in [0.15, 0.2) is 0 Å². The van der Waals surface area contributed by atoms with Crippen LogP contribution in [0.3, 0.4) is 0 Å². The number of alkyl halides is 3. The molecule has 0 aliphatic heterocycles. The van der Waals surface area contributed by atoms with Gasteiger partial charge in [-0.05, 0) is 30.1 Å². The van der Waals surface area contributed by atoms with E-state index in [0.717, 1.165) is 6.07 Å². The summed E-state index contributed by atoms with van der Waals surface area (Å²) in [5.74, 6) is -0.907. The zero-order chi connectivity index (χ0) is 15.9. The third-order valence-electron chi connectivity index (χ3n) is 2.71. The van der Waals surface area contributed by atoms with Crippen molar-refractivity contribution in [2.45, 2.75) is 18.6 Å². The normalized spacial score (nSPS) is 12.5. The van der Waals surface area contributed by atoms with Crippen LogP contribution in [0.25, 0.3) is 10.4 Å². The van der Waals surface area contributed by atoms with Gasteiger partial charge in [-0.25, -0.2) is 0 Å². The van der Waals surface area contributed by atoms with E-state index in [0.29, 0.717) is 6.42 Å². The molecule has 1 unspecified atom stereocenters. The lowest BCUT2D eigenvalue weighted by Crippen LogP contribution is -2.35. The number of hydrogen-bond donors (Lipinski definition) is 2. The zero-order valence-corrected chi connectivity index (χ0v) is 11.0. The quantitative estimate of drug-likeness (QED) is 0.349. The van der Waals surface area contributed by atoms with Gasteiger partial charge in [0.25, 0.3) is 0 Å². The predicted molar refractivity (Wildman–Crippen MR) is 70.0 cm³/mol. The molecule has 3 N–H and O–H groups in total. The Bertz CT molecular complexity index is 540. The van der Waals surface area contributed by atoms with Crippen molar-refractivity contribution in [2.75, 3.05) is 13.1 Å². The van der Waals surface area contributed by atoms with Crippen LogP contribution in [0.2, 0.25) is 0 Å². The number of nitrogens with one attached hydrogen (secondary N) is 1. The fourth-order valence-corrected chi connectivity index (χ4v) is 1.81. The molecule has 0 fully saturated rings. The Morgan fingerprint density at radius 3 is 2.67 bits per heavy atom. The number of nitrogens with zero attached hydrogens (tertiary/aromatic N) is 3. The Labute approximate surface area is 118 Å². The largest absolute Gasteiger partial charge is 0.416 e. The molecule has 1 atom stereocenters. The van der Waals surface area contributed by atoms with Gasteiger partial charge in [-0.15, -0.1) is 0 Å². The number of halogens is 3. The highest BCUT2D eigenvalue weighted by Gasteiger charge is 2.36. The smallest absolute Gasteiger partial charge is 0.368 e. The van der Waals surface area contributed by atoms with Gasteiger partial charge in [0, 0.05) is 11.5 Å². The van der Waals surface area contributed by atoms with E-state index in [1.54, 1.807) is 0 Å². The molecule has 1 aromatic carbocycles. The molecule has 0 bridgehead atoms. The summed E-state index contributed by atoms with van der Waals surface area (Å²) in [5, 5.41) is 5.94. The van der Waals surface area contributed by atoms with Crippen LogP contribution in [0.4, 0.5) is 13.2 Å². The van der Waals surface area contributed by atoms with E-state index < -0.39 is 23.7 Å². The van der Waals surface area contributed by atoms with Crippen LogP contribution in [-0.4, -0.2) is 19.0 Å². The van der Waals surface area contributed by atoms with E-state index in [1.165, 1.54) is 18.2 Å². The predicted octanol–water partition coefficient (Wildman–Crippen LogP) is 2.52. The Morgan fingerprint density at radius 2 is 2.10 bits per heavy atom. The van der Waals surface area contributed by atoms with Gasteiger partial charge in [-0.2, -0.15) is 13.2 Å². The van der Waals surface area contributed by atoms with Crippen LogP contribution in [0.15, 0.2) is 29.4 Å². The zero-order valence-electron chi connectivity index (χ0n) is 11.0. The van der Waals surface area contributed by atoms with E-state index in [-0.39, 0.29) is 18.7 Å². The highest BCUT2D eigenvalue weighted by Crippen LogP contribution is 2.34. The van der Waals surface area contributed by atoms with Gasteiger partial charge in [0.05, 0.1) is 5.56 Å². The lowest BCUT2D eigenvalue weighted by molar-refractivity contribution is -0.138. The Hall–Kier alpha value is -2.25. The van der Waals surface area contributed by atoms with Crippen molar-refractivity contribution in [3.63, 3.8) is 0 Å². The molecule has 1 aromatic rings. The summed E-state index contributed by atoms with van der Waals surface area (Å²) < 4.78 is 38.8. The third-order valence-corrected chi connectivity index (χ3v) is 2.71. The molecule has 0 radical (unpaired) electrons. The van der Waals surface area contributed by atoms with Crippen molar-refractivity contribution in [1.29, 1.82) is 0 Å². The van der Waals surface area contributed by atoms with Crippen molar-refractivity contribution in [1.82, 2.24) is 5.32 Å². The summed E-state index contributed by atoms with van der Waals surface area (Å²) >= 11 is 0. The van der Waals surface area contributed by atoms with E-state index >= 15 is 0 Å². The number of nitrogens with two attached hydrogens (primary N) is 1. The molecule has 1 rings (SSSR count). The highest BCUT2D eigenvalue weighted by molar-refractivity contribution is 5.82. The number of amides is 1. The van der Waals surface area contributed by atoms with Gasteiger partial charge in [0.1, 0.15) is 6.04 Å². The molecule has 0 aromatic heterocycles. The average Bonchev–Trinajstić information content (AvgIpc) is 2.41. The minimum absolute atomic E-state index is 0.176. The molecule has 6 nitrogen and oxygen atoms in total. The van der Waals surface area contributed by atoms with Gasteiger partial charge in [0.2, 0.25) is 5.91 Å². The fraction of sp³-hybridized carbons (Fsp3) is 0.417. The highest BCUT2D eigenvalue weighted by atomic mass is 19.4. The van der Waals surface area contributed by atoms with Crippen molar-refractivity contribution in [2.24, 2.45) is 10.8 Å². The SMILES string of the molecule is [N-]=[N+]=NCCCNC(C(N)=O)c1ccccc1C(F)(F)F. The number of hydrogen-bond acceptors (Lipinski definition) is 3. The molecule has 0 heterocycles. The van der Waals surface area contributed by atoms with Gasteiger partial charge < -0.3 is 11.1 Å². The molecular formula is C12H14F3N5O. The second-order valence-electron chi connectivity index (χ2n) is 4.18. The molecule has 1 amide bonds.